The van der Waals surface area contributed by atoms with Crippen molar-refractivity contribution in [1.29, 1.82) is 0 Å². The van der Waals surface area contributed by atoms with E-state index in [1.54, 1.807) is 36.4 Å². The summed E-state index contributed by atoms with van der Waals surface area (Å²) in [5.41, 5.74) is 3.23. The summed E-state index contributed by atoms with van der Waals surface area (Å²) in [5.74, 6) is 2.00. The molecule has 31 heavy (non-hydrogen) atoms. The zero-order valence-electron chi connectivity index (χ0n) is 16.2. The fourth-order valence-corrected chi connectivity index (χ4v) is 3.76. The number of fused-ring (bicyclic) bond motifs is 2. The van der Waals surface area contributed by atoms with Crippen molar-refractivity contribution in [2.45, 2.75) is 6.61 Å². The van der Waals surface area contributed by atoms with Gasteiger partial charge in [0.1, 0.15) is 30.5 Å². The fraction of sp³-hybridized carbons (Fsp3) is 0.0800. The van der Waals surface area contributed by atoms with Crippen molar-refractivity contribution >= 4 is 35.1 Å². The molecule has 6 heteroatoms. The van der Waals surface area contributed by atoms with Crippen LogP contribution in [0.15, 0.2) is 78.1 Å². The van der Waals surface area contributed by atoms with Crippen molar-refractivity contribution in [3.63, 3.8) is 0 Å². The van der Waals surface area contributed by atoms with Crippen LogP contribution in [0.2, 0.25) is 10.0 Å². The molecule has 3 aromatic carbocycles. The van der Waals surface area contributed by atoms with Crippen molar-refractivity contribution < 1.29 is 19.0 Å². The van der Waals surface area contributed by atoms with E-state index in [-0.39, 0.29) is 11.5 Å². The quantitative estimate of drug-likeness (QED) is 0.425. The second kappa shape index (κ2) is 8.14. The minimum atomic E-state index is -0.161. The fourth-order valence-electron chi connectivity index (χ4n) is 3.44. The Balaban J connectivity index is 1.32. The number of para-hydroxylation sites is 1. The van der Waals surface area contributed by atoms with Gasteiger partial charge in [0.2, 0.25) is 5.78 Å². The molecule has 0 unspecified atom stereocenters. The van der Waals surface area contributed by atoms with Crippen molar-refractivity contribution in [2.24, 2.45) is 0 Å². The van der Waals surface area contributed by atoms with Gasteiger partial charge >= 0.3 is 0 Å². The van der Waals surface area contributed by atoms with E-state index >= 15 is 0 Å². The Bertz CT molecular complexity index is 1260. The Hall–Kier alpha value is -3.21. The van der Waals surface area contributed by atoms with E-state index in [1.165, 1.54) is 0 Å². The maximum absolute atomic E-state index is 12.7. The van der Waals surface area contributed by atoms with E-state index < -0.39 is 0 Å². The average molecular weight is 451 g/mol. The molecular weight excluding hydrogens is 435 g/mol. The molecule has 0 aromatic heterocycles. The molecule has 0 radical (unpaired) electrons. The number of hydrogen-bond donors (Lipinski definition) is 0. The Morgan fingerprint density at radius 2 is 1.84 bits per heavy atom. The summed E-state index contributed by atoms with van der Waals surface area (Å²) in [5, 5.41) is 0.972. The second-order valence-corrected chi connectivity index (χ2v) is 8.00. The number of carbonyl (C=O) groups is 1. The van der Waals surface area contributed by atoms with Crippen molar-refractivity contribution in [1.82, 2.24) is 0 Å². The number of hydrogen-bond acceptors (Lipinski definition) is 4. The lowest BCUT2D eigenvalue weighted by Gasteiger charge is -2.15. The highest BCUT2D eigenvalue weighted by Crippen LogP contribution is 2.36. The lowest BCUT2D eigenvalue weighted by molar-refractivity contribution is 0.101. The van der Waals surface area contributed by atoms with Gasteiger partial charge < -0.3 is 14.2 Å². The third kappa shape index (κ3) is 4.05. The van der Waals surface area contributed by atoms with E-state index in [0.717, 1.165) is 22.4 Å². The number of benzene rings is 3. The van der Waals surface area contributed by atoms with E-state index in [9.17, 15) is 4.79 Å². The molecule has 0 fully saturated rings. The van der Waals surface area contributed by atoms with Crippen molar-refractivity contribution in [3.05, 3.63) is 105 Å². The molecule has 2 aliphatic rings. The first kappa shape index (κ1) is 19.7. The van der Waals surface area contributed by atoms with Gasteiger partial charge in [-0.05, 0) is 53.6 Å². The van der Waals surface area contributed by atoms with Crippen LogP contribution in [0, 0.1) is 0 Å². The highest BCUT2D eigenvalue weighted by atomic mass is 35.5. The van der Waals surface area contributed by atoms with E-state index in [2.05, 4.69) is 0 Å². The van der Waals surface area contributed by atoms with Crippen LogP contribution in [0.5, 0.6) is 17.2 Å². The van der Waals surface area contributed by atoms with Crippen LogP contribution in [0.1, 0.15) is 21.5 Å². The molecular formula is C25H16Cl2O4. The topological polar surface area (TPSA) is 44.8 Å². The predicted molar refractivity (Wildman–Crippen MR) is 120 cm³/mol. The summed E-state index contributed by atoms with van der Waals surface area (Å²) in [4.78, 5) is 12.7. The van der Waals surface area contributed by atoms with Gasteiger partial charge in [-0.15, -0.1) is 0 Å². The second-order valence-electron chi connectivity index (χ2n) is 7.18. The molecule has 5 rings (SSSR count). The number of rotatable bonds is 4. The Kier molecular flexibility index (Phi) is 5.18. The standard InChI is InChI=1S/C25H16Cl2O4/c26-20-8-5-15(10-21(20)27)13-29-18-6-7-19-23(12-18)31-24(25(19)28)11-16-9-17-3-1-2-4-22(17)30-14-16/h1-12H,13-14H2. The highest BCUT2D eigenvalue weighted by Gasteiger charge is 2.28. The van der Waals surface area contributed by atoms with Gasteiger partial charge in [-0.3, -0.25) is 4.79 Å². The van der Waals surface area contributed by atoms with Gasteiger partial charge in [0.05, 0.1) is 15.6 Å². The molecule has 3 aromatic rings. The third-order valence-corrected chi connectivity index (χ3v) is 5.74. The number of allylic oxidation sites excluding steroid dienone is 1. The number of Topliss-reactive ketones (excluding diaryl/α,β-unsaturated/α-hetero) is 1. The highest BCUT2D eigenvalue weighted by molar-refractivity contribution is 6.42. The molecule has 0 atom stereocenters. The number of halogens is 2. The lowest BCUT2D eigenvalue weighted by Crippen LogP contribution is -2.08. The minimum absolute atomic E-state index is 0.161. The zero-order chi connectivity index (χ0) is 21.4. The zero-order valence-corrected chi connectivity index (χ0v) is 17.7. The summed E-state index contributed by atoms with van der Waals surface area (Å²) < 4.78 is 17.4. The summed E-state index contributed by atoms with van der Waals surface area (Å²) in [7, 11) is 0. The Morgan fingerprint density at radius 3 is 2.71 bits per heavy atom. The van der Waals surface area contributed by atoms with Crippen LogP contribution >= 0.6 is 23.2 Å². The number of carbonyl (C=O) groups excluding carboxylic acids is 1. The van der Waals surface area contributed by atoms with E-state index in [0.29, 0.717) is 40.3 Å². The average Bonchev–Trinajstić information content (AvgIpc) is 3.09. The molecule has 0 aliphatic carbocycles. The van der Waals surface area contributed by atoms with Crippen LogP contribution in [0.25, 0.3) is 6.08 Å². The van der Waals surface area contributed by atoms with Gasteiger partial charge in [-0.25, -0.2) is 0 Å². The summed E-state index contributed by atoms with van der Waals surface area (Å²) in [6.07, 6.45) is 3.73. The van der Waals surface area contributed by atoms with Crippen LogP contribution in [-0.4, -0.2) is 12.4 Å². The summed E-state index contributed by atoms with van der Waals surface area (Å²) in [6.45, 7) is 0.696. The third-order valence-electron chi connectivity index (χ3n) is 5.00. The summed E-state index contributed by atoms with van der Waals surface area (Å²) >= 11 is 12.0. The van der Waals surface area contributed by atoms with Gasteiger partial charge in [-0.1, -0.05) is 47.5 Å². The first-order valence-electron chi connectivity index (χ1n) is 9.64. The Morgan fingerprint density at radius 1 is 0.968 bits per heavy atom. The largest absolute Gasteiger partial charge is 0.489 e. The van der Waals surface area contributed by atoms with Gasteiger partial charge in [0.15, 0.2) is 5.76 Å². The first-order chi connectivity index (χ1) is 15.1. The monoisotopic (exact) mass is 450 g/mol. The molecule has 0 saturated carbocycles. The summed E-state index contributed by atoms with van der Waals surface area (Å²) in [6, 6.07) is 18.3. The molecule has 2 heterocycles. The first-order valence-corrected chi connectivity index (χ1v) is 10.4. The molecule has 0 spiro atoms. The maximum atomic E-state index is 12.7. The van der Waals surface area contributed by atoms with Crippen LogP contribution in [-0.2, 0) is 6.61 Å². The number of ketones is 1. The molecule has 0 N–H and O–H groups in total. The SMILES string of the molecule is O=C1C(=CC2=Cc3ccccc3OC2)Oc2cc(OCc3ccc(Cl)c(Cl)c3)ccc21. The van der Waals surface area contributed by atoms with Crippen LogP contribution in [0.4, 0.5) is 0 Å². The molecule has 154 valence electrons. The normalized spacial score (nSPS) is 15.6. The number of ether oxygens (including phenoxy) is 3. The van der Waals surface area contributed by atoms with Crippen LogP contribution < -0.4 is 14.2 Å². The predicted octanol–water partition coefficient (Wildman–Crippen LogP) is 6.51. The van der Waals surface area contributed by atoms with E-state index in [1.807, 2.05) is 36.4 Å². The molecule has 0 amide bonds. The maximum Gasteiger partial charge on any atom is 0.231 e. The molecule has 2 aliphatic heterocycles. The molecule has 4 nitrogen and oxygen atoms in total. The Labute approximate surface area is 189 Å². The smallest absolute Gasteiger partial charge is 0.231 e. The van der Waals surface area contributed by atoms with Crippen LogP contribution in [0.3, 0.4) is 0 Å². The van der Waals surface area contributed by atoms with E-state index in [4.69, 9.17) is 37.4 Å². The van der Waals surface area contributed by atoms with Gasteiger partial charge in [-0.2, -0.15) is 0 Å². The van der Waals surface area contributed by atoms with Crippen molar-refractivity contribution in [2.75, 3.05) is 6.61 Å². The lowest BCUT2D eigenvalue weighted by atomic mass is 10.1. The molecule has 0 saturated heterocycles. The minimum Gasteiger partial charge on any atom is -0.489 e. The molecule has 0 bridgehead atoms. The van der Waals surface area contributed by atoms with Crippen molar-refractivity contribution in [3.8, 4) is 17.2 Å². The van der Waals surface area contributed by atoms with Gasteiger partial charge in [0, 0.05) is 11.6 Å². The van der Waals surface area contributed by atoms with Gasteiger partial charge in [0.25, 0.3) is 0 Å².